The Labute approximate surface area is 134 Å². The highest BCUT2D eigenvalue weighted by Crippen LogP contribution is 2.20. The van der Waals surface area contributed by atoms with E-state index < -0.39 is 0 Å². The Kier molecular flexibility index (Phi) is 5.87. The Balaban J connectivity index is 1.74. The first-order valence-electron chi connectivity index (χ1n) is 6.81. The van der Waals surface area contributed by atoms with Crippen LogP contribution in [-0.2, 0) is 4.79 Å². The fourth-order valence-corrected chi connectivity index (χ4v) is 2.51. The summed E-state index contributed by atoms with van der Waals surface area (Å²) in [7, 11) is 0. The van der Waals surface area contributed by atoms with E-state index in [1.165, 1.54) is 6.92 Å². The lowest BCUT2D eigenvalue weighted by Crippen LogP contribution is -2.05. The fraction of sp³-hybridized carbons (Fsp3) is 0.176. The van der Waals surface area contributed by atoms with Crippen LogP contribution in [0.15, 0.2) is 53.4 Å². The molecule has 0 fully saturated rings. The maximum Gasteiger partial charge on any atom is 0.221 e. The number of benzene rings is 2. The predicted molar refractivity (Wildman–Crippen MR) is 88.1 cm³/mol. The smallest absolute Gasteiger partial charge is 0.221 e. The average Bonchev–Trinajstić information content (AvgIpc) is 2.53. The summed E-state index contributed by atoms with van der Waals surface area (Å²) in [5.74, 6) is 1.51. The number of amides is 1. The minimum Gasteiger partial charge on any atom is -0.493 e. The largest absolute Gasteiger partial charge is 0.493 e. The van der Waals surface area contributed by atoms with Crippen LogP contribution in [0.2, 0.25) is 0 Å². The molecule has 2 aromatic carbocycles. The molecular weight excluding hydrogens is 296 g/mol. The molecule has 0 atom stereocenters. The Hall–Kier alpha value is -2.45. The van der Waals surface area contributed by atoms with Gasteiger partial charge in [0.05, 0.1) is 18.2 Å². The summed E-state index contributed by atoms with van der Waals surface area (Å²) in [6.45, 7) is 2.08. The van der Waals surface area contributed by atoms with Crippen molar-refractivity contribution in [1.82, 2.24) is 0 Å². The monoisotopic (exact) mass is 312 g/mol. The molecule has 0 unspecified atom stereocenters. The van der Waals surface area contributed by atoms with Crippen molar-refractivity contribution in [2.75, 3.05) is 17.7 Å². The molecule has 0 spiro atoms. The minimum absolute atomic E-state index is 0.0729. The Morgan fingerprint density at radius 3 is 2.45 bits per heavy atom. The van der Waals surface area contributed by atoms with Gasteiger partial charge in [0, 0.05) is 23.3 Å². The molecule has 0 aliphatic rings. The average molecular weight is 312 g/mol. The number of carbonyl (C=O) groups excluding carboxylic acids is 1. The van der Waals surface area contributed by atoms with Gasteiger partial charge in [0.1, 0.15) is 5.75 Å². The van der Waals surface area contributed by atoms with Crippen LogP contribution in [0.5, 0.6) is 5.75 Å². The fourth-order valence-electron chi connectivity index (χ4n) is 1.78. The molecule has 0 saturated heterocycles. The number of carbonyl (C=O) groups is 1. The number of nitrogens with one attached hydrogen (secondary N) is 1. The highest BCUT2D eigenvalue weighted by Gasteiger charge is 1.99. The highest BCUT2D eigenvalue weighted by molar-refractivity contribution is 7.99. The Bertz CT molecular complexity index is 661. The van der Waals surface area contributed by atoms with Gasteiger partial charge in [-0.3, -0.25) is 4.79 Å². The van der Waals surface area contributed by atoms with Gasteiger partial charge < -0.3 is 10.1 Å². The third kappa shape index (κ3) is 5.15. The van der Waals surface area contributed by atoms with Gasteiger partial charge in [-0.25, -0.2) is 0 Å². The molecule has 0 saturated carbocycles. The maximum atomic E-state index is 10.9. The molecule has 0 radical (unpaired) electrons. The summed E-state index contributed by atoms with van der Waals surface area (Å²) in [6, 6.07) is 16.8. The number of nitriles is 1. The van der Waals surface area contributed by atoms with Crippen LogP contribution in [0.25, 0.3) is 0 Å². The molecule has 22 heavy (non-hydrogen) atoms. The van der Waals surface area contributed by atoms with Crippen LogP contribution in [0.1, 0.15) is 12.5 Å². The summed E-state index contributed by atoms with van der Waals surface area (Å²) < 4.78 is 5.62. The van der Waals surface area contributed by atoms with E-state index in [1.807, 2.05) is 24.3 Å². The second kappa shape index (κ2) is 8.11. The molecule has 5 heteroatoms. The first kappa shape index (κ1) is 15.9. The molecule has 1 N–H and O–H groups in total. The van der Waals surface area contributed by atoms with E-state index in [0.717, 1.165) is 22.1 Å². The van der Waals surface area contributed by atoms with Gasteiger partial charge >= 0.3 is 0 Å². The SMILES string of the molecule is CC(=O)Nc1ccc(SCCOc2ccc(C#N)cc2)cc1. The first-order chi connectivity index (χ1) is 10.7. The quantitative estimate of drug-likeness (QED) is 0.653. The van der Waals surface area contributed by atoms with Crippen molar-refractivity contribution in [3.05, 3.63) is 54.1 Å². The van der Waals surface area contributed by atoms with Gasteiger partial charge in [0.15, 0.2) is 0 Å². The summed E-state index contributed by atoms with van der Waals surface area (Å²) in [4.78, 5) is 12.1. The zero-order valence-corrected chi connectivity index (χ0v) is 13.0. The van der Waals surface area contributed by atoms with E-state index >= 15 is 0 Å². The standard InChI is InChI=1S/C17H16N2O2S/c1-13(20)19-15-4-8-17(9-5-15)22-11-10-21-16-6-2-14(12-18)3-7-16/h2-9H,10-11H2,1H3,(H,19,20). The Morgan fingerprint density at radius 2 is 1.86 bits per heavy atom. The lowest BCUT2D eigenvalue weighted by molar-refractivity contribution is -0.114. The van der Waals surface area contributed by atoms with Crippen molar-refractivity contribution in [1.29, 1.82) is 5.26 Å². The predicted octanol–water partition coefficient (Wildman–Crippen LogP) is 3.69. The van der Waals surface area contributed by atoms with E-state index in [1.54, 1.807) is 36.0 Å². The van der Waals surface area contributed by atoms with E-state index in [0.29, 0.717) is 12.2 Å². The van der Waals surface area contributed by atoms with E-state index in [2.05, 4.69) is 11.4 Å². The van der Waals surface area contributed by atoms with Crippen molar-refractivity contribution in [3.8, 4) is 11.8 Å². The van der Waals surface area contributed by atoms with Crippen LogP contribution >= 0.6 is 11.8 Å². The number of hydrogen-bond donors (Lipinski definition) is 1. The van der Waals surface area contributed by atoms with Gasteiger partial charge in [0.2, 0.25) is 5.91 Å². The second-order valence-electron chi connectivity index (χ2n) is 4.54. The zero-order valence-electron chi connectivity index (χ0n) is 12.2. The van der Waals surface area contributed by atoms with E-state index in [-0.39, 0.29) is 5.91 Å². The highest BCUT2D eigenvalue weighted by atomic mass is 32.2. The van der Waals surface area contributed by atoms with Gasteiger partial charge in [-0.2, -0.15) is 5.26 Å². The lowest BCUT2D eigenvalue weighted by atomic mass is 10.2. The molecule has 0 aliphatic carbocycles. The van der Waals surface area contributed by atoms with Crippen LogP contribution in [0.4, 0.5) is 5.69 Å². The first-order valence-corrected chi connectivity index (χ1v) is 7.79. The summed E-state index contributed by atoms with van der Waals surface area (Å²) in [5, 5.41) is 11.5. The molecule has 1 amide bonds. The van der Waals surface area contributed by atoms with Gasteiger partial charge in [-0.05, 0) is 48.5 Å². The molecule has 2 aromatic rings. The third-order valence-corrected chi connectivity index (χ3v) is 3.76. The van der Waals surface area contributed by atoms with Gasteiger partial charge in [0.25, 0.3) is 0 Å². The molecule has 0 aliphatic heterocycles. The summed E-state index contributed by atoms with van der Waals surface area (Å²) >= 11 is 1.68. The summed E-state index contributed by atoms with van der Waals surface area (Å²) in [5.41, 5.74) is 1.42. The number of anilines is 1. The molecule has 2 rings (SSSR count). The van der Waals surface area contributed by atoms with Crippen molar-refractivity contribution < 1.29 is 9.53 Å². The van der Waals surface area contributed by atoms with Gasteiger partial charge in [-0.1, -0.05) is 0 Å². The molecule has 0 aromatic heterocycles. The molecule has 112 valence electrons. The molecule has 0 heterocycles. The van der Waals surface area contributed by atoms with E-state index in [4.69, 9.17) is 10.00 Å². The maximum absolute atomic E-state index is 10.9. The number of rotatable bonds is 6. The molecule has 0 bridgehead atoms. The second-order valence-corrected chi connectivity index (χ2v) is 5.71. The minimum atomic E-state index is -0.0729. The van der Waals surface area contributed by atoms with Crippen LogP contribution in [0, 0.1) is 11.3 Å². The Morgan fingerprint density at radius 1 is 1.18 bits per heavy atom. The number of thioether (sulfide) groups is 1. The number of nitrogens with zero attached hydrogens (tertiary/aromatic N) is 1. The molecular formula is C17H16N2O2S. The topological polar surface area (TPSA) is 62.1 Å². The zero-order chi connectivity index (χ0) is 15.8. The van der Waals surface area contributed by atoms with Gasteiger partial charge in [-0.15, -0.1) is 11.8 Å². The van der Waals surface area contributed by atoms with Crippen LogP contribution in [-0.4, -0.2) is 18.3 Å². The number of hydrogen-bond acceptors (Lipinski definition) is 4. The summed E-state index contributed by atoms with van der Waals surface area (Å²) in [6.07, 6.45) is 0. The van der Waals surface area contributed by atoms with Crippen molar-refractivity contribution in [2.45, 2.75) is 11.8 Å². The third-order valence-electron chi connectivity index (χ3n) is 2.78. The molecule has 4 nitrogen and oxygen atoms in total. The van der Waals surface area contributed by atoms with Crippen LogP contribution in [0.3, 0.4) is 0 Å². The van der Waals surface area contributed by atoms with Crippen LogP contribution < -0.4 is 10.1 Å². The normalized spacial score (nSPS) is 9.82. The number of ether oxygens (including phenoxy) is 1. The van der Waals surface area contributed by atoms with Crippen molar-refractivity contribution >= 4 is 23.4 Å². The lowest BCUT2D eigenvalue weighted by Gasteiger charge is -2.07. The van der Waals surface area contributed by atoms with Crippen molar-refractivity contribution in [3.63, 3.8) is 0 Å². The van der Waals surface area contributed by atoms with E-state index in [9.17, 15) is 4.79 Å². The van der Waals surface area contributed by atoms with Crippen molar-refractivity contribution in [2.24, 2.45) is 0 Å².